The molecule has 2 aromatic heterocycles. The fourth-order valence-corrected chi connectivity index (χ4v) is 1.94. The van der Waals surface area contributed by atoms with Crippen molar-refractivity contribution in [3.63, 3.8) is 0 Å². The van der Waals surface area contributed by atoms with Gasteiger partial charge in [-0.2, -0.15) is 0 Å². The van der Waals surface area contributed by atoms with E-state index >= 15 is 0 Å². The van der Waals surface area contributed by atoms with Gasteiger partial charge in [-0.05, 0) is 19.1 Å². The number of anilines is 2. The number of halogens is 2. The van der Waals surface area contributed by atoms with E-state index in [0.29, 0.717) is 17.0 Å². The minimum absolute atomic E-state index is 0.252. The third-order valence-electron chi connectivity index (χ3n) is 2.88. The van der Waals surface area contributed by atoms with Gasteiger partial charge < -0.3 is 9.88 Å². The van der Waals surface area contributed by atoms with Crippen LogP contribution in [0.2, 0.25) is 0 Å². The first-order valence-electron chi connectivity index (χ1n) is 5.93. The largest absolute Gasteiger partial charge is 0.333 e. The van der Waals surface area contributed by atoms with Crippen LogP contribution in [0.1, 0.15) is 5.82 Å². The molecule has 0 atom stereocenters. The fraction of sp³-hybridized carbons (Fsp3) is 0.154. The van der Waals surface area contributed by atoms with Gasteiger partial charge in [-0.1, -0.05) is 6.07 Å². The van der Waals surface area contributed by atoms with Crippen molar-refractivity contribution in [3.05, 3.63) is 42.0 Å². The number of para-hydroxylation sites is 1. The van der Waals surface area contributed by atoms with Crippen molar-refractivity contribution in [2.24, 2.45) is 7.05 Å². The van der Waals surface area contributed by atoms with Crippen LogP contribution in [0.5, 0.6) is 0 Å². The average Bonchev–Trinajstić information content (AvgIpc) is 2.76. The SMILES string of the molecule is Cc1nc(Nc2c(F)cccc2F)c2ncn(C)c2n1. The predicted octanol–water partition coefficient (Wildman–Crippen LogP) is 2.69. The van der Waals surface area contributed by atoms with Gasteiger partial charge in [0.15, 0.2) is 17.0 Å². The zero-order valence-corrected chi connectivity index (χ0v) is 10.9. The molecule has 0 aliphatic carbocycles. The Morgan fingerprint density at radius 3 is 2.55 bits per heavy atom. The Balaban J connectivity index is 2.16. The maximum absolute atomic E-state index is 13.7. The van der Waals surface area contributed by atoms with E-state index in [1.165, 1.54) is 18.2 Å². The molecular formula is C13H11F2N5. The number of hydrogen-bond acceptors (Lipinski definition) is 4. The number of aromatic nitrogens is 4. The standard InChI is InChI=1S/C13H11F2N5/c1-7-17-12(11-13(18-7)20(2)6-16-11)19-10-8(14)4-3-5-9(10)15/h3-6H,1-2H3,(H,17,18,19). The Hall–Kier alpha value is -2.57. The first-order valence-corrected chi connectivity index (χ1v) is 5.93. The minimum Gasteiger partial charge on any atom is -0.333 e. The first kappa shape index (κ1) is 12.5. The van der Waals surface area contributed by atoms with E-state index in [4.69, 9.17) is 0 Å². The Kier molecular flexibility index (Phi) is 2.81. The van der Waals surface area contributed by atoms with E-state index < -0.39 is 11.6 Å². The molecule has 3 rings (SSSR count). The number of rotatable bonds is 2. The van der Waals surface area contributed by atoms with Crippen molar-refractivity contribution in [1.29, 1.82) is 0 Å². The van der Waals surface area contributed by atoms with E-state index in [1.807, 2.05) is 0 Å². The van der Waals surface area contributed by atoms with Crippen LogP contribution in [0.3, 0.4) is 0 Å². The quantitative estimate of drug-likeness (QED) is 0.781. The van der Waals surface area contributed by atoms with Crippen LogP contribution in [0, 0.1) is 18.6 Å². The molecule has 0 bridgehead atoms. The summed E-state index contributed by atoms with van der Waals surface area (Å²) in [5.41, 5.74) is 0.801. The highest BCUT2D eigenvalue weighted by Crippen LogP contribution is 2.26. The molecule has 102 valence electrons. The number of aryl methyl sites for hydroxylation is 2. The second kappa shape index (κ2) is 4.52. The Morgan fingerprint density at radius 1 is 1.15 bits per heavy atom. The molecule has 0 fully saturated rings. The van der Waals surface area contributed by atoms with Crippen LogP contribution in [0.4, 0.5) is 20.3 Å². The van der Waals surface area contributed by atoms with Gasteiger partial charge in [-0.3, -0.25) is 0 Å². The molecule has 3 aromatic rings. The summed E-state index contributed by atoms with van der Waals surface area (Å²) in [5.74, 6) is -0.617. The highest BCUT2D eigenvalue weighted by atomic mass is 19.1. The Morgan fingerprint density at radius 2 is 1.85 bits per heavy atom. The summed E-state index contributed by atoms with van der Waals surface area (Å²) in [6.45, 7) is 1.70. The van der Waals surface area contributed by atoms with Gasteiger partial charge in [-0.15, -0.1) is 0 Å². The molecule has 1 N–H and O–H groups in total. The maximum atomic E-state index is 13.7. The van der Waals surface area contributed by atoms with E-state index in [0.717, 1.165) is 0 Å². The molecule has 2 heterocycles. The molecule has 5 nitrogen and oxygen atoms in total. The highest BCUT2D eigenvalue weighted by molar-refractivity contribution is 5.85. The molecule has 0 amide bonds. The summed E-state index contributed by atoms with van der Waals surface area (Å²) >= 11 is 0. The van der Waals surface area contributed by atoms with Gasteiger partial charge in [0.25, 0.3) is 0 Å². The van der Waals surface area contributed by atoms with Crippen molar-refractivity contribution in [1.82, 2.24) is 19.5 Å². The second-order valence-corrected chi connectivity index (χ2v) is 4.37. The normalized spacial score (nSPS) is 11.0. The lowest BCUT2D eigenvalue weighted by Gasteiger charge is -2.09. The molecule has 0 unspecified atom stereocenters. The van der Waals surface area contributed by atoms with Crippen LogP contribution in [0.25, 0.3) is 11.2 Å². The predicted molar refractivity (Wildman–Crippen MR) is 70.7 cm³/mol. The third-order valence-corrected chi connectivity index (χ3v) is 2.88. The van der Waals surface area contributed by atoms with Crippen LogP contribution >= 0.6 is 0 Å². The fourth-order valence-electron chi connectivity index (χ4n) is 1.94. The van der Waals surface area contributed by atoms with Gasteiger partial charge in [0.1, 0.15) is 23.1 Å². The van der Waals surface area contributed by atoms with Gasteiger partial charge in [0.2, 0.25) is 0 Å². The molecule has 1 aromatic carbocycles. The van der Waals surface area contributed by atoms with E-state index in [9.17, 15) is 8.78 Å². The lowest BCUT2D eigenvalue weighted by atomic mass is 10.3. The third kappa shape index (κ3) is 1.97. The number of hydrogen-bond donors (Lipinski definition) is 1. The summed E-state index contributed by atoms with van der Waals surface area (Å²) in [6, 6.07) is 3.65. The molecule has 0 radical (unpaired) electrons. The van der Waals surface area contributed by atoms with Crippen molar-refractivity contribution in [3.8, 4) is 0 Å². The van der Waals surface area contributed by atoms with E-state index in [2.05, 4.69) is 20.3 Å². The summed E-state index contributed by atoms with van der Waals surface area (Å²) in [4.78, 5) is 12.6. The highest BCUT2D eigenvalue weighted by Gasteiger charge is 2.14. The van der Waals surface area contributed by atoms with Crippen LogP contribution in [-0.4, -0.2) is 19.5 Å². The summed E-state index contributed by atoms with van der Waals surface area (Å²) in [5, 5.41) is 2.66. The molecule has 0 saturated heterocycles. The number of fused-ring (bicyclic) bond motifs is 1. The van der Waals surface area contributed by atoms with Crippen molar-refractivity contribution < 1.29 is 8.78 Å². The van der Waals surface area contributed by atoms with Gasteiger partial charge in [0.05, 0.1) is 6.33 Å². The maximum Gasteiger partial charge on any atom is 0.165 e. The number of benzene rings is 1. The second-order valence-electron chi connectivity index (χ2n) is 4.37. The van der Waals surface area contributed by atoms with Crippen LogP contribution in [0.15, 0.2) is 24.5 Å². The van der Waals surface area contributed by atoms with Gasteiger partial charge in [0, 0.05) is 7.05 Å². The van der Waals surface area contributed by atoms with Gasteiger partial charge in [-0.25, -0.2) is 23.7 Å². The van der Waals surface area contributed by atoms with Crippen molar-refractivity contribution >= 4 is 22.7 Å². The van der Waals surface area contributed by atoms with Crippen LogP contribution < -0.4 is 5.32 Å². The Labute approximate surface area is 113 Å². The lowest BCUT2D eigenvalue weighted by Crippen LogP contribution is -2.03. The van der Waals surface area contributed by atoms with E-state index in [-0.39, 0.29) is 11.5 Å². The monoisotopic (exact) mass is 275 g/mol. The van der Waals surface area contributed by atoms with E-state index in [1.54, 1.807) is 24.9 Å². The first-order chi connectivity index (χ1) is 9.56. The minimum atomic E-state index is -0.689. The zero-order chi connectivity index (χ0) is 14.3. The number of nitrogens with one attached hydrogen (secondary N) is 1. The smallest absolute Gasteiger partial charge is 0.165 e. The summed E-state index contributed by atoms with van der Waals surface area (Å²) in [7, 11) is 1.79. The van der Waals surface area contributed by atoms with Crippen molar-refractivity contribution in [2.45, 2.75) is 6.92 Å². The van der Waals surface area contributed by atoms with Gasteiger partial charge >= 0.3 is 0 Å². The lowest BCUT2D eigenvalue weighted by molar-refractivity contribution is 0.590. The zero-order valence-electron chi connectivity index (χ0n) is 10.9. The topological polar surface area (TPSA) is 55.6 Å². The molecule has 0 saturated carbocycles. The molecule has 0 aliphatic heterocycles. The van der Waals surface area contributed by atoms with Crippen LogP contribution in [-0.2, 0) is 7.05 Å². The Bertz CT molecular complexity index is 777. The molecule has 0 aliphatic rings. The van der Waals surface area contributed by atoms with Crippen molar-refractivity contribution in [2.75, 3.05) is 5.32 Å². The summed E-state index contributed by atoms with van der Waals surface area (Å²) in [6.07, 6.45) is 1.57. The average molecular weight is 275 g/mol. The molecule has 20 heavy (non-hydrogen) atoms. The number of nitrogens with zero attached hydrogens (tertiary/aromatic N) is 4. The molecular weight excluding hydrogens is 264 g/mol. The summed E-state index contributed by atoms with van der Waals surface area (Å²) < 4.78 is 29.1. The molecule has 0 spiro atoms. The number of imidazole rings is 1. The molecule has 7 heteroatoms.